The van der Waals surface area contributed by atoms with Crippen molar-refractivity contribution in [3.05, 3.63) is 0 Å². The summed E-state index contributed by atoms with van der Waals surface area (Å²) in [6, 6.07) is -0.859. The van der Waals surface area contributed by atoms with Gasteiger partial charge < -0.3 is 21.4 Å². The fourth-order valence-electron chi connectivity index (χ4n) is 0.614. The zero-order valence-electron chi connectivity index (χ0n) is 6.69. The van der Waals surface area contributed by atoms with Gasteiger partial charge in [0.15, 0.2) is 11.8 Å². The molecule has 70 valence electrons. The van der Waals surface area contributed by atoms with Crippen molar-refractivity contribution < 1.29 is 14.7 Å². The molecule has 0 bridgehead atoms. The third kappa shape index (κ3) is 2.20. The Bertz CT molecular complexity index is 188. The second-order valence-electron chi connectivity index (χ2n) is 2.42. The number of rotatable bonds is 5. The SMILES string of the molecule is CSCC(N)C(N)(C=O)C(=O)O. The zero-order chi connectivity index (χ0) is 9.78. The fourth-order valence-corrected chi connectivity index (χ4v) is 1.25. The van der Waals surface area contributed by atoms with Crippen molar-refractivity contribution in [2.75, 3.05) is 12.0 Å². The third-order valence-corrected chi connectivity index (χ3v) is 2.22. The van der Waals surface area contributed by atoms with Crippen LogP contribution in [0.2, 0.25) is 0 Å². The van der Waals surface area contributed by atoms with Gasteiger partial charge in [-0.15, -0.1) is 0 Å². The number of hydrogen-bond acceptors (Lipinski definition) is 5. The van der Waals surface area contributed by atoms with Crippen LogP contribution in [0.1, 0.15) is 0 Å². The molecule has 0 rings (SSSR count). The first-order valence-electron chi connectivity index (χ1n) is 3.22. The van der Waals surface area contributed by atoms with Crippen LogP contribution in [0.25, 0.3) is 0 Å². The lowest BCUT2D eigenvalue weighted by atomic mass is 9.95. The van der Waals surface area contributed by atoms with E-state index in [1.807, 2.05) is 0 Å². The molecule has 5 nitrogen and oxygen atoms in total. The van der Waals surface area contributed by atoms with Crippen LogP contribution in [0.4, 0.5) is 0 Å². The molecule has 2 atom stereocenters. The molecule has 0 spiro atoms. The first-order valence-corrected chi connectivity index (χ1v) is 4.61. The predicted octanol–water partition coefficient (Wildman–Crippen LogP) is -1.34. The number of nitrogens with two attached hydrogens (primary N) is 2. The maximum absolute atomic E-state index is 10.5. The van der Waals surface area contributed by atoms with Crippen LogP contribution in [0, 0.1) is 0 Å². The van der Waals surface area contributed by atoms with E-state index in [9.17, 15) is 9.59 Å². The Morgan fingerprint density at radius 2 is 2.33 bits per heavy atom. The number of carboxylic acid groups (broad SMARTS) is 1. The minimum absolute atomic E-state index is 0.177. The number of carboxylic acids is 1. The standard InChI is InChI=1S/C6H12N2O3S/c1-12-2-4(7)6(8,3-9)5(10)11/h3-4H,2,7-8H2,1H3,(H,10,11). The summed E-state index contributed by atoms with van der Waals surface area (Å²) in [4.78, 5) is 20.9. The summed E-state index contributed by atoms with van der Waals surface area (Å²) in [5.74, 6) is -1.05. The Kier molecular flexibility index (Phi) is 4.22. The minimum atomic E-state index is -1.96. The number of aliphatic carboxylic acids is 1. The van der Waals surface area contributed by atoms with Crippen molar-refractivity contribution in [3.63, 3.8) is 0 Å². The van der Waals surface area contributed by atoms with E-state index in [2.05, 4.69) is 0 Å². The van der Waals surface area contributed by atoms with E-state index in [-0.39, 0.29) is 6.29 Å². The number of hydrogen-bond donors (Lipinski definition) is 3. The Balaban J connectivity index is 4.50. The molecule has 0 aromatic carbocycles. The topological polar surface area (TPSA) is 106 Å². The van der Waals surface area contributed by atoms with E-state index in [0.717, 1.165) is 0 Å². The summed E-state index contributed by atoms with van der Waals surface area (Å²) < 4.78 is 0. The van der Waals surface area contributed by atoms with E-state index in [1.165, 1.54) is 11.8 Å². The molecule has 2 unspecified atom stereocenters. The molecule has 0 aliphatic carbocycles. The van der Waals surface area contributed by atoms with Crippen molar-refractivity contribution in [2.45, 2.75) is 11.6 Å². The van der Waals surface area contributed by atoms with E-state index in [0.29, 0.717) is 5.75 Å². The molecule has 0 saturated carbocycles. The molecule has 0 saturated heterocycles. The highest BCUT2D eigenvalue weighted by molar-refractivity contribution is 7.98. The second kappa shape index (κ2) is 4.44. The third-order valence-electron chi connectivity index (χ3n) is 1.53. The molecule has 0 fully saturated rings. The molecule has 0 aliphatic rings. The Morgan fingerprint density at radius 1 is 1.83 bits per heavy atom. The lowest BCUT2D eigenvalue weighted by Gasteiger charge is -2.24. The van der Waals surface area contributed by atoms with Gasteiger partial charge in [0.2, 0.25) is 0 Å². The fraction of sp³-hybridized carbons (Fsp3) is 0.667. The lowest BCUT2D eigenvalue weighted by Crippen LogP contribution is -2.63. The van der Waals surface area contributed by atoms with Gasteiger partial charge in [0.1, 0.15) is 0 Å². The lowest BCUT2D eigenvalue weighted by molar-refractivity contribution is -0.145. The minimum Gasteiger partial charge on any atom is -0.479 e. The summed E-state index contributed by atoms with van der Waals surface area (Å²) in [6.45, 7) is 0. The monoisotopic (exact) mass is 192 g/mol. The van der Waals surface area contributed by atoms with Crippen LogP contribution >= 0.6 is 11.8 Å². The second-order valence-corrected chi connectivity index (χ2v) is 3.33. The van der Waals surface area contributed by atoms with E-state index < -0.39 is 17.6 Å². The van der Waals surface area contributed by atoms with Gasteiger partial charge in [-0.25, -0.2) is 4.79 Å². The van der Waals surface area contributed by atoms with Crippen LogP contribution in [0.15, 0.2) is 0 Å². The Morgan fingerprint density at radius 3 is 2.58 bits per heavy atom. The average Bonchev–Trinajstić information content (AvgIpc) is 2.03. The summed E-state index contributed by atoms with van der Waals surface area (Å²) in [5, 5.41) is 8.58. The van der Waals surface area contributed by atoms with E-state index >= 15 is 0 Å². The molecule has 12 heavy (non-hydrogen) atoms. The van der Waals surface area contributed by atoms with Crippen LogP contribution in [-0.4, -0.2) is 41.0 Å². The number of carbonyl (C=O) groups excluding carboxylic acids is 1. The molecular formula is C6H12N2O3S. The molecule has 5 N–H and O–H groups in total. The molecule has 0 aromatic rings. The maximum atomic E-state index is 10.5. The maximum Gasteiger partial charge on any atom is 0.332 e. The van der Waals surface area contributed by atoms with Gasteiger partial charge in [0.25, 0.3) is 0 Å². The molecular weight excluding hydrogens is 180 g/mol. The number of thioether (sulfide) groups is 1. The van der Waals surface area contributed by atoms with Gasteiger partial charge in [-0.1, -0.05) is 0 Å². The first kappa shape index (κ1) is 11.4. The van der Waals surface area contributed by atoms with Crippen LogP contribution < -0.4 is 11.5 Å². The predicted molar refractivity (Wildman–Crippen MR) is 47.0 cm³/mol. The van der Waals surface area contributed by atoms with Crippen molar-refractivity contribution in [2.24, 2.45) is 11.5 Å². The quantitative estimate of drug-likeness (QED) is 0.367. The highest BCUT2D eigenvalue weighted by atomic mass is 32.2. The molecule has 0 aliphatic heterocycles. The van der Waals surface area contributed by atoms with Gasteiger partial charge in [-0.3, -0.25) is 0 Å². The Hall–Kier alpha value is -0.590. The van der Waals surface area contributed by atoms with E-state index in [4.69, 9.17) is 16.6 Å². The normalized spacial score (nSPS) is 17.9. The molecule has 6 heteroatoms. The van der Waals surface area contributed by atoms with Crippen LogP contribution in [-0.2, 0) is 9.59 Å². The Labute approximate surface area is 74.5 Å². The van der Waals surface area contributed by atoms with Gasteiger partial charge in [0, 0.05) is 11.8 Å². The number of carbonyl (C=O) groups is 2. The van der Waals surface area contributed by atoms with Crippen molar-refractivity contribution in [1.29, 1.82) is 0 Å². The van der Waals surface area contributed by atoms with Crippen LogP contribution in [0.5, 0.6) is 0 Å². The van der Waals surface area contributed by atoms with Crippen molar-refractivity contribution >= 4 is 24.0 Å². The average molecular weight is 192 g/mol. The first-order chi connectivity index (χ1) is 5.49. The van der Waals surface area contributed by atoms with Gasteiger partial charge in [0.05, 0.1) is 0 Å². The van der Waals surface area contributed by atoms with Gasteiger partial charge in [-0.05, 0) is 6.26 Å². The van der Waals surface area contributed by atoms with Gasteiger partial charge >= 0.3 is 5.97 Å². The summed E-state index contributed by atoms with van der Waals surface area (Å²) in [5.41, 5.74) is 8.72. The van der Waals surface area contributed by atoms with Crippen molar-refractivity contribution in [1.82, 2.24) is 0 Å². The summed E-state index contributed by atoms with van der Waals surface area (Å²) in [6.07, 6.45) is 1.93. The largest absolute Gasteiger partial charge is 0.479 e. The van der Waals surface area contributed by atoms with Gasteiger partial charge in [-0.2, -0.15) is 11.8 Å². The highest BCUT2D eigenvalue weighted by Gasteiger charge is 2.40. The van der Waals surface area contributed by atoms with Crippen LogP contribution in [0.3, 0.4) is 0 Å². The highest BCUT2D eigenvalue weighted by Crippen LogP contribution is 2.07. The zero-order valence-corrected chi connectivity index (χ0v) is 7.50. The number of aldehydes is 1. The summed E-state index contributed by atoms with van der Waals surface area (Å²) in [7, 11) is 0. The molecule has 0 heterocycles. The summed E-state index contributed by atoms with van der Waals surface area (Å²) >= 11 is 1.34. The molecule has 0 amide bonds. The van der Waals surface area contributed by atoms with E-state index in [1.54, 1.807) is 6.26 Å². The smallest absolute Gasteiger partial charge is 0.332 e. The van der Waals surface area contributed by atoms with Crippen molar-refractivity contribution in [3.8, 4) is 0 Å². The molecule has 0 radical (unpaired) electrons. The molecule has 0 aromatic heterocycles.